The van der Waals surface area contributed by atoms with Gasteiger partial charge in [-0.2, -0.15) is 0 Å². The van der Waals surface area contributed by atoms with Gasteiger partial charge in [0.1, 0.15) is 16.4 Å². The monoisotopic (exact) mass is 404 g/mol. The SMILES string of the molecule is CC.COc1cc(N(C)C)nc2sc(C=O)c(N=CN(C)C3CCCCC3)c12. The Balaban J connectivity index is 0.00000136. The van der Waals surface area contributed by atoms with Crippen LogP contribution in [0.4, 0.5) is 11.5 Å². The molecule has 0 bridgehead atoms. The van der Waals surface area contributed by atoms with E-state index in [1.54, 1.807) is 7.11 Å². The quantitative estimate of drug-likeness (QED) is 0.379. The summed E-state index contributed by atoms with van der Waals surface area (Å²) in [6.45, 7) is 4.00. The Hall–Kier alpha value is -2.15. The summed E-state index contributed by atoms with van der Waals surface area (Å²) >= 11 is 1.35. The lowest BCUT2D eigenvalue weighted by atomic mass is 9.95. The summed E-state index contributed by atoms with van der Waals surface area (Å²) in [5, 5.41) is 0.804. The van der Waals surface area contributed by atoms with Crippen molar-refractivity contribution in [2.45, 2.75) is 52.0 Å². The molecular formula is C21H32N4O2S. The van der Waals surface area contributed by atoms with Crippen molar-refractivity contribution >= 4 is 45.7 Å². The second kappa shape index (κ2) is 10.4. The van der Waals surface area contributed by atoms with Crippen LogP contribution in [0.25, 0.3) is 10.2 Å². The minimum Gasteiger partial charge on any atom is -0.496 e. The highest BCUT2D eigenvalue weighted by Crippen LogP contribution is 2.42. The highest BCUT2D eigenvalue weighted by Gasteiger charge is 2.20. The summed E-state index contributed by atoms with van der Waals surface area (Å²) in [5.74, 6) is 1.48. The van der Waals surface area contributed by atoms with Crippen LogP contribution < -0.4 is 9.64 Å². The molecule has 7 heteroatoms. The predicted octanol–water partition coefficient (Wildman–Crippen LogP) is 5.13. The van der Waals surface area contributed by atoms with E-state index >= 15 is 0 Å². The minimum absolute atomic E-state index is 0.525. The average molecular weight is 405 g/mol. The number of anilines is 1. The van der Waals surface area contributed by atoms with E-state index in [1.165, 1.54) is 43.4 Å². The molecule has 0 radical (unpaired) electrons. The van der Waals surface area contributed by atoms with Gasteiger partial charge in [0.25, 0.3) is 0 Å². The molecule has 1 aliphatic rings. The number of thiophene rings is 1. The first-order valence-corrected chi connectivity index (χ1v) is 10.8. The maximum atomic E-state index is 11.6. The number of ether oxygens (including phenoxy) is 1. The number of aliphatic imine (C=N–C) groups is 1. The molecule has 28 heavy (non-hydrogen) atoms. The van der Waals surface area contributed by atoms with Gasteiger partial charge in [-0.05, 0) is 12.8 Å². The molecule has 0 unspecified atom stereocenters. The van der Waals surface area contributed by atoms with Crippen molar-refractivity contribution in [3.63, 3.8) is 0 Å². The predicted molar refractivity (Wildman–Crippen MR) is 120 cm³/mol. The summed E-state index contributed by atoms with van der Waals surface area (Å²) in [5.41, 5.74) is 0.650. The van der Waals surface area contributed by atoms with Gasteiger partial charge in [0.15, 0.2) is 6.29 Å². The summed E-state index contributed by atoms with van der Waals surface area (Å²) in [4.78, 5) is 26.4. The number of rotatable bonds is 6. The summed E-state index contributed by atoms with van der Waals surface area (Å²) in [6, 6.07) is 2.41. The Bertz CT molecular complexity index is 810. The zero-order chi connectivity index (χ0) is 20.7. The molecule has 154 valence electrons. The molecule has 0 saturated heterocycles. The van der Waals surface area contributed by atoms with Crippen LogP contribution in [-0.4, -0.2) is 56.8 Å². The Morgan fingerprint density at radius 2 is 1.89 bits per heavy atom. The van der Waals surface area contributed by atoms with Gasteiger partial charge >= 0.3 is 0 Å². The fraction of sp³-hybridized carbons (Fsp3) is 0.571. The largest absolute Gasteiger partial charge is 0.496 e. The summed E-state index contributed by atoms with van der Waals surface area (Å²) in [7, 11) is 7.56. The van der Waals surface area contributed by atoms with Crippen LogP contribution in [0.5, 0.6) is 5.75 Å². The third-order valence-electron chi connectivity index (χ3n) is 4.92. The molecule has 0 amide bonds. The molecule has 0 aromatic carbocycles. The number of fused-ring (bicyclic) bond motifs is 1. The first-order chi connectivity index (χ1) is 13.5. The maximum absolute atomic E-state index is 11.6. The molecule has 3 rings (SSSR count). The Kier molecular flexibility index (Phi) is 8.23. The molecule has 0 N–H and O–H groups in total. The third kappa shape index (κ3) is 4.82. The molecule has 0 atom stereocenters. The number of methoxy groups -OCH3 is 1. The molecule has 0 aliphatic heterocycles. The topological polar surface area (TPSA) is 58.0 Å². The van der Waals surface area contributed by atoms with Crippen LogP contribution in [0, 0.1) is 0 Å². The van der Waals surface area contributed by atoms with Crippen molar-refractivity contribution < 1.29 is 9.53 Å². The highest BCUT2D eigenvalue weighted by molar-refractivity contribution is 7.21. The number of hydrogen-bond donors (Lipinski definition) is 0. The lowest BCUT2D eigenvalue weighted by molar-refractivity contribution is 0.112. The van der Waals surface area contributed by atoms with E-state index in [0.717, 1.165) is 22.3 Å². The van der Waals surface area contributed by atoms with E-state index in [2.05, 4.69) is 21.9 Å². The molecule has 0 spiro atoms. The van der Waals surface area contributed by atoms with Gasteiger partial charge in [0.2, 0.25) is 0 Å². The highest BCUT2D eigenvalue weighted by atomic mass is 32.1. The minimum atomic E-state index is 0.525. The van der Waals surface area contributed by atoms with Crippen LogP contribution >= 0.6 is 11.3 Å². The van der Waals surface area contributed by atoms with Crippen LogP contribution in [0.3, 0.4) is 0 Å². The summed E-state index contributed by atoms with van der Waals surface area (Å²) < 4.78 is 5.58. The van der Waals surface area contributed by atoms with Gasteiger partial charge in [-0.25, -0.2) is 9.98 Å². The van der Waals surface area contributed by atoms with Crippen LogP contribution in [0.15, 0.2) is 11.1 Å². The fourth-order valence-electron chi connectivity index (χ4n) is 3.38. The second-order valence-electron chi connectivity index (χ2n) is 6.89. The van der Waals surface area contributed by atoms with Gasteiger partial charge in [-0.3, -0.25) is 4.79 Å². The molecule has 1 aliphatic carbocycles. The first-order valence-electron chi connectivity index (χ1n) is 9.95. The molecule has 1 saturated carbocycles. The van der Waals surface area contributed by atoms with Crippen molar-refractivity contribution in [1.29, 1.82) is 0 Å². The smallest absolute Gasteiger partial charge is 0.162 e. The number of aromatic nitrogens is 1. The normalized spacial score (nSPS) is 14.6. The third-order valence-corrected chi connectivity index (χ3v) is 5.92. The zero-order valence-electron chi connectivity index (χ0n) is 17.9. The fourth-order valence-corrected chi connectivity index (χ4v) is 4.33. The lowest BCUT2D eigenvalue weighted by Crippen LogP contribution is -2.32. The standard InChI is InChI=1S/C19H26N4O2S.C2H6/c1-22(2)16-10-14(25-4)17-18(15(11-24)26-19(17)21-16)20-12-23(3)13-8-6-5-7-9-13;1-2/h10-13H,5-9H2,1-4H3;1-2H3. The molecule has 2 aromatic rings. The van der Waals surface area contributed by atoms with E-state index in [-0.39, 0.29) is 0 Å². The Labute approximate surface area is 172 Å². The lowest BCUT2D eigenvalue weighted by Gasteiger charge is -2.29. The summed E-state index contributed by atoms with van der Waals surface area (Å²) in [6.07, 6.45) is 8.97. The Morgan fingerprint density at radius 1 is 1.21 bits per heavy atom. The molecular weight excluding hydrogens is 372 g/mol. The van der Waals surface area contributed by atoms with E-state index < -0.39 is 0 Å². The van der Waals surface area contributed by atoms with Crippen LogP contribution in [0.2, 0.25) is 0 Å². The van der Waals surface area contributed by atoms with E-state index in [4.69, 9.17) is 4.74 Å². The molecule has 1 fully saturated rings. The first kappa shape index (κ1) is 22.1. The maximum Gasteiger partial charge on any atom is 0.162 e. The van der Waals surface area contributed by atoms with Crippen LogP contribution in [-0.2, 0) is 0 Å². The van der Waals surface area contributed by atoms with Gasteiger partial charge in [-0.1, -0.05) is 33.1 Å². The van der Waals surface area contributed by atoms with Crippen molar-refractivity contribution in [2.75, 3.05) is 33.2 Å². The van der Waals surface area contributed by atoms with Gasteiger partial charge < -0.3 is 14.5 Å². The van der Waals surface area contributed by atoms with Gasteiger partial charge in [-0.15, -0.1) is 11.3 Å². The van der Waals surface area contributed by atoms with Gasteiger partial charge in [0.05, 0.1) is 29.4 Å². The van der Waals surface area contributed by atoms with Crippen molar-refractivity contribution in [2.24, 2.45) is 4.99 Å². The van der Waals surface area contributed by atoms with E-state index in [9.17, 15) is 4.79 Å². The molecule has 2 aromatic heterocycles. The van der Waals surface area contributed by atoms with Gasteiger partial charge in [0, 0.05) is 33.3 Å². The van der Waals surface area contributed by atoms with Crippen LogP contribution in [0.1, 0.15) is 55.6 Å². The number of nitrogens with zero attached hydrogens (tertiary/aromatic N) is 4. The van der Waals surface area contributed by atoms with Crippen molar-refractivity contribution in [1.82, 2.24) is 9.88 Å². The zero-order valence-corrected chi connectivity index (χ0v) is 18.7. The van der Waals surface area contributed by atoms with Crippen molar-refractivity contribution in [3.05, 3.63) is 10.9 Å². The van der Waals surface area contributed by atoms with E-state index in [0.29, 0.717) is 22.4 Å². The Morgan fingerprint density at radius 3 is 2.46 bits per heavy atom. The number of aldehydes is 1. The van der Waals surface area contributed by atoms with E-state index in [1.807, 2.05) is 45.2 Å². The number of hydrogen-bond acceptors (Lipinski definition) is 6. The van der Waals surface area contributed by atoms with Crippen molar-refractivity contribution in [3.8, 4) is 5.75 Å². The second-order valence-corrected chi connectivity index (χ2v) is 7.92. The number of carbonyl (C=O) groups is 1. The average Bonchev–Trinajstić information content (AvgIpc) is 3.11. The molecule has 2 heterocycles. The number of pyridine rings is 1. The molecule has 6 nitrogen and oxygen atoms in total. The number of carbonyl (C=O) groups excluding carboxylic acids is 1.